The Labute approximate surface area is 134 Å². The van der Waals surface area contributed by atoms with Crippen LogP contribution < -0.4 is 10.2 Å². The topological polar surface area (TPSA) is 91.5 Å². The van der Waals surface area contributed by atoms with Crippen molar-refractivity contribution in [3.63, 3.8) is 0 Å². The van der Waals surface area contributed by atoms with E-state index in [1.54, 1.807) is 13.1 Å². The van der Waals surface area contributed by atoms with Crippen molar-refractivity contribution in [2.75, 3.05) is 24.5 Å². The van der Waals surface area contributed by atoms with Crippen molar-refractivity contribution < 1.29 is 14.3 Å². The summed E-state index contributed by atoms with van der Waals surface area (Å²) >= 11 is 0. The van der Waals surface area contributed by atoms with Gasteiger partial charge in [-0.25, -0.2) is 9.97 Å². The van der Waals surface area contributed by atoms with Crippen LogP contribution in [0.1, 0.15) is 29.1 Å². The molecule has 2 N–H and O–H groups in total. The fraction of sp³-hybridized carbons (Fsp3) is 0.438. The number of hydrogen-bond donors (Lipinski definition) is 2. The number of carbonyl (C=O) groups is 1. The minimum atomic E-state index is -0.987. The van der Waals surface area contributed by atoms with Gasteiger partial charge < -0.3 is 19.7 Å². The van der Waals surface area contributed by atoms with Gasteiger partial charge in [-0.15, -0.1) is 0 Å². The molecule has 1 fully saturated rings. The van der Waals surface area contributed by atoms with Gasteiger partial charge in [-0.2, -0.15) is 0 Å². The average Bonchev–Trinajstić information content (AvgIpc) is 3.00. The zero-order valence-electron chi connectivity index (χ0n) is 13.0. The number of nitrogens with zero attached hydrogens (tertiary/aromatic N) is 3. The van der Waals surface area contributed by atoms with Gasteiger partial charge in [0.05, 0.1) is 11.3 Å². The van der Waals surface area contributed by atoms with Crippen LogP contribution in [0, 0.1) is 6.92 Å². The number of amides is 1. The number of anilines is 1. The second-order valence-corrected chi connectivity index (χ2v) is 5.89. The van der Waals surface area contributed by atoms with Crippen LogP contribution in [0.15, 0.2) is 35.2 Å². The van der Waals surface area contributed by atoms with E-state index in [0.29, 0.717) is 18.7 Å². The molecule has 0 aromatic carbocycles. The number of piperidine rings is 1. The van der Waals surface area contributed by atoms with Crippen molar-refractivity contribution in [1.82, 2.24) is 15.3 Å². The Morgan fingerprint density at radius 1 is 1.48 bits per heavy atom. The Morgan fingerprint density at radius 2 is 2.35 bits per heavy atom. The van der Waals surface area contributed by atoms with Crippen LogP contribution >= 0.6 is 0 Å². The molecule has 23 heavy (non-hydrogen) atoms. The minimum Gasteiger partial charge on any atom is -0.438 e. The molecule has 1 atom stereocenters. The first kappa shape index (κ1) is 15.5. The Morgan fingerprint density at radius 3 is 3.04 bits per heavy atom. The normalized spacial score (nSPS) is 21.2. The van der Waals surface area contributed by atoms with Crippen molar-refractivity contribution in [3.05, 3.63) is 42.2 Å². The summed E-state index contributed by atoms with van der Waals surface area (Å²) in [7, 11) is 0. The molecule has 1 aliphatic heterocycles. The summed E-state index contributed by atoms with van der Waals surface area (Å²) in [5.41, 5.74) is -0.451. The first-order valence-electron chi connectivity index (χ1n) is 7.64. The van der Waals surface area contributed by atoms with Gasteiger partial charge in [-0.05, 0) is 31.9 Å². The van der Waals surface area contributed by atoms with E-state index in [-0.39, 0.29) is 18.2 Å². The van der Waals surface area contributed by atoms with Crippen LogP contribution in [0.4, 0.5) is 5.82 Å². The van der Waals surface area contributed by atoms with E-state index in [1.807, 2.05) is 23.1 Å². The average molecular weight is 316 g/mol. The van der Waals surface area contributed by atoms with Gasteiger partial charge in [0.2, 0.25) is 5.76 Å². The van der Waals surface area contributed by atoms with E-state index in [9.17, 15) is 9.90 Å². The highest BCUT2D eigenvalue weighted by atomic mass is 16.3. The first-order valence-corrected chi connectivity index (χ1v) is 7.64. The molecule has 2 aromatic heterocycles. The lowest BCUT2D eigenvalue weighted by atomic mass is 9.92. The number of hydrogen-bond acceptors (Lipinski definition) is 6. The molecule has 0 radical (unpaired) electrons. The van der Waals surface area contributed by atoms with E-state index in [4.69, 9.17) is 4.42 Å². The third-order valence-corrected chi connectivity index (χ3v) is 4.06. The molecule has 1 saturated heterocycles. The van der Waals surface area contributed by atoms with Crippen LogP contribution in [-0.4, -0.2) is 46.2 Å². The second-order valence-electron chi connectivity index (χ2n) is 5.89. The number of β-amino-alcohol motifs (C(OH)–C–C–N with tert-alkyl or cyclic N) is 1. The first-order chi connectivity index (χ1) is 11.1. The van der Waals surface area contributed by atoms with Crippen LogP contribution in [0.25, 0.3) is 0 Å². The zero-order chi connectivity index (χ0) is 16.3. The van der Waals surface area contributed by atoms with E-state index in [0.717, 1.165) is 18.8 Å². The monoisotopic (exact) mass is 316 g/mol. The van der Waals surface area contributed by atoms with Gasteiger partial charge in [0.15, 0.2) is 6.39 Å². The smallest absolute Gasteiger partial charge is 0.289 e. The molecule has 1 aliphatic rings. The third kappa shape index (κ3) is 3.50. The van der Waals surface area contributed by atoms with Gasteiger partial charge in [0, 0.05) is 25.8 Å². The molecule has 0 aliphatic carbocycles. The summed E-state index contributed by atoms with van der Waals surface area (Å²) < 4.78 is 5.06. The predicted octanol–water partition coefficient (Wildman–Crippen LogP) is 1.14. The standard InChI is InChI=1S/C16H20N4O3/c1-12-14(23-11-19-12)15(21)18-9-16(22)6-4-8-20(10-16)13-5-2-3-7-17-13/h2-3,5,7,11,22H,4,6,8-10H2,1H3,(H,18,21)/t16-/m1/s1. The van der Waals surface area contributed by atoms with Crippen molar-refractivity contribution in [2.24, 2.45) is 0 Å². The summed E-state index contributed by atoms with van der Waals surface area (Å²) in [6, 6.07) is 5.70. The van der Waals surface area contributed by atoms with Crippen molar-refractivity contribution in [3.8, 4) is 0 Å². The zero-order valence-corrected chi connectivity index (χ0v) is 13.0. The highest BCUT2D eigenvalue weighted by molar-refractivity contribution is 5.92. The largest absolute Gasteiger partial charge is 0.438 e. The molecule has 0 saturated carbocycles. The quantitative estimate of drug-likeness (QED) is 0.879. The molecular formula is C16H20N4O3. The fourth-order valence-corrected chi connectivity index (χ4v) is 2.84. The highest BCUT2D eigenvalue weighted by Gasteiger charge is 2.34. The predicted molar refractivity (Wildman–Crippen MR) is 84.2 cm³/mol. The van der Waals surface area contributed by atoms with Gasteiger partial charge in [-0.3, -0.25) is 4.79 Å². The van der Waals surface area contributed by atoms with Crippen molar-refractivity contribution >= 4 is 11.7 Å². The van der Waals surface area contributed by atoms with Crippen LogP contribution in [0.2, 0.25) is 0 Å². The van der Waals surface area contributed by atoms with Gasteiger partial charge >= 0.3 is 0 Å². The lowest BCUT2D eigenvalue weighted by molar-refractivity contribution is 0.0251. The number of oxazole rings is 1. The van der Waals surface area contributed by atoms with Crippen molar-refractivity contribution in [2.45, 2.75) is 25.4 Å². The molecule has 7 heteroatoms. The molecule has 3 rings (SSSR count). The number of nitrogens with one attached hydrogen (secondary N) is 1. The molecule has 3 heterocycles. The molecule has 0 spiro atoms. The lowest BCUT2D eigenvalue weighted by Gasteiger charge is -2.39. The maximum atomic E-state index is 12.1. The lowest BCUT2D eigenvalue weighted by Crippen LogP contribution is -2.54. The molecule has 1 amide bonds. The highest BCUT2D eigenvalue weighted by Crippen LogP contribution is 2.24. The number of rotatable bonds is 4. The number of carbonyl (C=O) groups excluding carboxylic acids is 1. The fourth-order valence-electron chi connectivity index (χ4n) is 2.84. The van der Waals surface area contributed by atoms with Crippen molar-refractivity contribution in [1.29, 1.82) is 0 Å². The Hall–Kier alpha value is -2.41. The second kappa shape index (κ2) is 6.37. The summed E-state index contributed by atoms with van der Waals surface area (Å²) in [4.78, 5) is 22.3. The molecule has 122 valence electrons. The minimum absolute atomic E-state index is 0.162. The number of aliphatic hydroxyl groups is 1. The number of aromatic nitrogens is 2. The summed E-state index contributed by atoms with van der Waals surface area (Å²) in [6.07, 6.45) is 4.44. The SMILES string of the molecule is Cc1ncoc1C(=O)NC[C@]1(O)CCCN(c2ccccn2)C1. The molecular weight excluding hydrogens is 296 g/mol. The van der Waals surface area contributed by atoms with Crippen LogP contribution in [-0.2, 0) is 0 Å². The van der Waals surface area contributed by atoms with E-state index >= 15 is 0 Å². The van der Waals surface area contributed by atoms with Gasteiger partial charge in [0.1, 0.15) is 5.82 Å². The van der Waals surface area contributed by atoms with E-state index in [1.165, 1.54) is 6.39 Å². The molecule has 7 nitrogen and oxygen atoms in total. The van der Waals surface area contributed by atoms with Crippen LogP contribution in [0.3, 0.4) is 0 Å². The van der Waals surface area contributed by atoms with E-state index < -0.39 is 5.60 Å². The number of pyridine rings is 1. The Balaban J connectivity index is 1.62. The molecule has 0 bridgehead atoms. The summed E-state index contributed by atoms with van der Waals surface area (Å²) in [5.74, 6) is 0.664. The van der Waals surface area contributed by atoms with Gasteiger partial charge in [0.25, 0.3) is 5.91 Å². The molecule has 0 unspecified atom stereocenters. The Bertz CT molecular complexity index is 673. The summed E-state index contributed by atoms with van der Waals surface area (Å²) in [6.45, 7) is 3.14. The number of aryl methyl sites for hydroxylation is 1. The molecule has 2 aromatic rings. The maximum absolute atomic E-state index is 12.1. The maximum Gasteiger partial charge on any atom is 0.289 e. The summed E-state index contributed by atoms with van der Waals surface area (Å²) in [5, 5.41) is 13.5. The van der Waals surface area contributed by atoms with Gasteiger partial charge in [-0.1, -0.05) is 6.07 Å². The van der Waals surface area contributed by atoms with E-state index in [2.05, 4.69) is 15.3 Å². The Kier molecular flexibility index (Phi) is 4.29. The van der Waals surface area contributed by atoms with Crippen LogP contribution in [0.5, 0.6) is 0 Å². The third-order valence-electron chi connectivity index (χ3n) is 4.06.